The van der Waals surface area contributed by atoms with Gasteiger partial charge in [-0.25, -0.2) is 4.98 Å². The highest BCUT2D eigenvalue weighted by Crippen LogP contribution is 2.18. The zero-order valence-corrected chi connectivity index (χ0v) is 14.4. The number of carbonyl (C=O) groups excluding carboxylic acids is 1. The van der Waals surface area contributed by atoms with E-state index in [0.29, 0.717) is 27.9 Å². The number of aromatic nitrogens is 5. The quantitative estimate of drug-likeness (QED) is 0.594. The van der Waals surface area contributed by atoms with Crippen LogP contribution >= 0.6 is 11.6 Å². The van der Waals surface area contributed by atoms with Gasteiger partial charge < -0.3 is 9.84 Å². The van der Waals surface area contributed by atoms with E-state index in [9.17, 15) is 4.79 Å². The number of hydrogen-bond acceptors (Lipinski definition) is 6. The summed E-state index contributed by atoms with van der Waals surface area (Å²) in [5, 5.41) is 12.2. The van der Waals surface area contributed by atoms with Crippen LogP contribution < -0.4 is 5.32 Å². The maximum Gasteiger partial charge on any atom is 0.253 e. The molecule has 0 atom stereocenters. The number of amides is 1. The highest BCUT2D eigenvalue weighted by atomic mass is 35.5. The van der Waals surface area contributed by atoms with Gasteiger partial charge in [0, 0.05) is 29.2 Å². The number of pyridine rings is 1. The smallest absolute Gasteiger partial charge is 0.253 e. The normalized spacial score (nSPS) is 11.0. The van der Waals surface area contributed by atoms with Crippen molar-refractivity contribution >= 4 is 28.5 Å². The van der Waals surface area contributed by atoms with Crippen molar-refractivity contribution in [1.29, 1.82) is 0 Å². The molecule has 1 amide bonds. The summed E-state index contributed by atoms with van der Waals surface area (Å²) in [4.78, 5) is 20.8. The first-order valence-corrected chi connectivity index (χ1v) is 8.12. The fourth-order valence-electron chi connectivity index (χ4n) is 2.47. The molecule has 0 spiro atoms. The Bertz CT molecular complexity index is 1090. The number of fused-ring (bicyclic) bond motifs is 1. The highest BCUT2D eigenvalue weighted by molar-refractivity contribution is 6.30. The third kappa shape index (κ3) is 3.14. The lowest BCUT2D eigenvalue weighted by Crippen LogP contribution is -2.23. The molecular weight excluding hydrogens is 356 g/mol. The predicted octanol–water partition coefficient (Wildman–Crippen LogP) is 2.60. The van der Waals surface area contributed by atoms with Crippen molar-refractivity contribution < 1.29 is 9.32 Å². The molecule has 3 aromatic heterocycles. The van der Waals surface area contributed by atoms with Gasteiger partial charge in [0.15, 0.2) is 5.65 Å². The summed E-state index contributed by atoms with van der Waals surface area (Å²) in [6, 6.07) is 8.82. The van der Waals surface area contributed by atoms with Crippen molar-refractivity contribution in [3.8, 4) is 11.4 Å². The van der Waals surface area contributed by atoms with Gasteiger partial charge in [-0.3, -0.25) is 9.48 Å². The summed E-state index contributed by atoms with van der Waals surface area (Å²) in [7, 11) is 1.79. The summed E-state index contributed by atoms with van der Waals surface area (Å²) in [6.45, 7) is 0.116. The number of hydrogen-bond donors (Lipinski definition) is 1. The topological polar surface area (TPSA) is 98.7 Å². The van der Waals surface area contributed by atoms with E-state index in [1.54, 1.807) is 48.3 Å². The molecule has 9 heteroatoms. The second kappa shape index (κ2) is 6.57. The van der Waals surface area contributed by atoms with Gasteiger partial charge in [-0.05, 0) is 30.3 Å². The van der Waals surface area contributed by atoms with Crippen LogP contribution in [0.4, 0.5) is 0 Å². The standard InChI is InChI=1S/C17H13ClN6O2/c1-24-16-11(8-21-24)6-12(7-19-16)17(25)20-9-14-22-15(23-26-14)10-2-4-13(18)5-3-10/h2-8H,9H2,1H3,(H,20,25). The van der Waals surface area contributed by atoms with Crippen LogP contribution in [0.2, 0.25) is 5.02 Å². The predicted molar refractivity (Wildman–Crippen MR) is 94.4 cm³/mol. The molecule has 0 saturated carbocycles. The van der Waals surface area contributed by atoms with Gasteiger partial charge in [-0.15, -0.1) is 0 Å². The molecule has 0 radical (unpaired) electrons. The molecule has 0 aliphatic carbocycles. The Morgan fingerprint density at radius 2 is 2.08 bits per heavy atom. The Morgan fingerprint density at radius 3 is 2.88 bits per heavy atom. The van der Waals surface area contributed by atoms with Crippen LogP contribution in [0.3, 0.4) is 0 Å². The van der Waals surface area contributed by atoms with Crippen LogP contribution in [0.25, 0.3) is 22.4 Å². The molecule has 4 rings (SSSR count). The molecule has 0 aliphatic heterocycles. The molecule has 0 aliphatic rings. The van der Waals surface area contributed by atoms with Gasteiger partial charge in [0.25, 0.3) is 5.91 Å². The number of benzene rings is 1. The molecule has 26 heavy (non-hydrogen) atoms. The fourth-order valence-corrected chi connectivity index (χ4v) is 2.59. The molecule has 0 unspecified atom stereocenters. The second-order valence-corrected chi connectivity index (χ2v) is 6.04. The largest absolute Gasteiger partial charge is 0.343 e. The SMILES string of the molecule is Cn1ncc2cc(C(=O)NCc3nc(-c4ccc(Cl)cc4)no3)cnc21. The maximum atomic E-state index is 12.3. The monoisotopic (exact) mass is 368 g/mol. The molecule has 8 nitrogen and oxygen atoms in total. The van der Waals surface area contributed by atoms with Crippen molar-refractivity contribution in [2.45, 2.75) is 6.54 Å². The molecule has 3 heterocycles. The van der Waals surface area contributed by atoms with Crippen molar-refractivity contribution in [2.24, 2.45) is 7.05 Å². The average Bonchev–Trinajstić information content (AvgIpc) is 3.27. The molecule has 0 fully saturated rings. The summed E-state index contributed by atoms with van der Waals surface area (Å²) in [6.07, 6.45) is 3.17. The lowest BCUT2D eigenvalue weighted by Gasteiger charge is -2.02. The third-order valence-corrected chi connectivity index (χ3v) is 4.06. The van der Waals surface area contributed by atoms with E-state index in [0.717, 1.165) is 10.9 Å². The van der Waals surface area contributed by atoms with Crippen LogP contribution in [0.5, 0.6) is 0 Å². The van der Waals surface area contributed by atoms with Crippen molar-refractivity contribution in [1.82, 2.24) is 30.2 Å². The third-order valence-electron chi connectivity index (χ3n) is 3.80. The number of nitrogens with one attached hydrogen (secondary N) is 1. The summed E-state index contributed by atoms with van der Waals surface area (Å²) in [5.41, 5.74) is 1.93. The van der Waals surface area contributed by atoms with E-state index >= 15 is 0 Å². The molecule has 0 saturated heterocycles. The number of rotatable bonds is 4. The maximum absolute atomic E-state index is 12.3. The minimum atomic E-state index is -0.283. The van der Waals surface area contributed by atoms with Crippen molar-refractivity contribution in [3.63, 3.8) is 0 Å². The summed E-state index contributed by atoms with van der Waals surface area (Å²) >= 11 is 5.86. The Hall–Kier alpha value is -3.26. The van der Waals surface area contributed by atoms with Crippen LogP contribution in [-0.4, -0.2) is 30.8 Å². The molecular formula is C17H13ClN6O2. The Kier molecular flexibility index (Phi) is 4.10. The zero-order valence-electron chi connectivity index (χ0n) is 13.7. The number of aryl methyl sites for hydroxylation is 1. The van der Waals surface area contributed by atoms with Gasteiger partial charge in [0.2, 0.25) is 11.7 Å². The van der Waals surface area contributed by atoms with Crippen molar-refractivity contribution in [3.05, 3.63) is 59.2 Å². The Morgan fingerprint density at radius 1 is 1.27 bits per heavy atom. The van der Waals surface area contributed by atoms with E-state index in [-0.39, 0.29) is 12.5 Å². The molecule has 1 aromatic carbocycles. The second-order valence-electron chi connectivity index (χ2n) is 5.61. The van der Waals surface area contributed by atoms with E-state index < -0.39 is 0 Å². The zero-order chi connectivity index (χ0) is 18.1. The van der Waals surface area contributed by atoms with E-state index in [1.165, 1.54) is 6.20 Å². The summed E-state index contributed by atoms with van der Waals surface area (Å²) < 4.78 is 6.82. The molecule has 1 N–H and O–H groups in total. The van der Waals surface area contributed by atoms with Crippen LogP contribution in [0, 0.1) is 0 Å². The average molecular weight is 369 g/mol. The van der Waals surface area contributed by atoms with E-state index in [2.05, 4.69) is 25.5 Å². The first-order chi connectivity index (χ1) is 12.6. The lowest BCUT2D eigenvalue weighted by molar-refractivity contribution is 0.0946. The first kappa shape index (κ1) is 16.2. The summed E-state index contributed by atoms with van der Waals surface area (Å²) in [5.74, 6) is 0.456. The van der Waals surface area contributed by atoms with Gasteiger partial charge in [0.1, 0.15) is 0 Å². The fraction of sp³-hybridized carbons (Fsp3) is 0.118. The van der Waals surface area contributed by atoms with Crippen molar-refractivity contribution in [2.75, 3.05) is 0 Å². The van der Waals surface area contributed by atoms with E-state index in [4.69, 9.17) is 16.1 Å². The van der Waals surface area contributed by atoms with E-state index in [1.807, 2.05) is 0 Å². The lowest BCUT2D eigenvalue weighted by atomic mass is 10.2. The minimum Gasteiger partial charge on any atom is -0.343 e. The first-order valence-electron chi connectivity index (χ1n) is 7.74. The molecule has 130 valence electrons. The highest BCUT2D eigenvalue weighted by Gasteiger charge is 2.12. The Labute approximate surface area is 152 Å². The number of halogens is 1. The number of nitrogens with zero attached hydrogens (tertiary/aromatic N) is 5. The van der Waals surface area contributed by atoms with Crippen LogP contribution in [0.15, 0.2) is 47.2 Å². The minimum absolute atomic E-state index is 0.116. The van der Waals surface area contributed by atoms with Gasteiger partial charge in [0.05, 0.1) is 18.3 Å². The van der Waals surface area contributed by atoms with Gasteiger partial charge in [-0.1, -0.05) is 16.8 Å². The molecule has 0 bridgehead atoms. The Balaban J connectivity index is 1.44. The molecule has 4 aromatic rings. The van der Waals surface area contributed by atoms with Crippen LogP contribution in [0.1, 0.15) is 16.2 Å². The van der Waals surface area contributed by atoms with Crippen LogP contribution in [-0.2, 0) is 13.6 Å². The van der Waals surface area contributed by atoms with Gasteiger partial charge >= 0.3 is 0 Å². The van der Waals surface area contributed by atoms with Gasteiger partial charge in [-0.2, -0.15) is 10.1 Å². The number of carbonyl (C=O) groups is 1.